The van der Waals surface area contributed by atoms with Crippen molar-refractivity contribution in [2.75, 3.05) is 0 Å². The van der Waals surface area contributed by atoms with Crippen LogP contribution in [0.4, 0.5) is 0 Å². The van der Waals surface area contributed by atoms with Gasteiger partial charge in [0.05, 0.1) is 0 Å². The highest BCUT2D eigenvalue weighted by atomic mass is 32.1. The third kappa shape index (κ3) is 4.07. The second kappa shape index (κ2) is 9.53. The van der Waals surface area contributed by atoms with Crippen LogP contribution in [0.15, 0.2) is 84.9 Å². The highest BCUT2D eigenvalue weighted by molar-refractivity contribution is 7.77. The fourth-order valence-electron chi connectivity index (χ4n) is 5.18. The normalized spacial score (nSPS) is 12.4. The number of rotatable bonds is 3. The molecule has 1 aliphatic rings. The first kappa shape index (κ1) is 23.1. The van der Waals surface area contributed by atoms with E-state index in [0.29, 0.717) is 0 Å². The van der Waals surface area contributed by atoms with Crippen molar-refractivity contribution in [3.63, 3.8) is 0 Å². The van der Waals surface area contributed by atoms with Crippen molar-refractivity contribution in [1.82, 2.24) is 0 Å². The minimum atomic E-state index is -0.0408. The lowest BCUT2D eigenvalue weighted by Crippen LogP contribution is -2.13. The van der Waals surface area contributed by atoms with Crippen molar-refractivity contribution in [2.45, 2.75) is 25.7 Å². The van der Waals surface area contributed by atoms with Gasteiger partial charge in [0.1, 0.15) is 23.0 Å². The number of ether oxygens (including phenoxy) is 1. The van der Waals surface area contributed by atoms with Crippen molar-refractivity contribution in [2.24, 2.45) is 5.14 Å². The predicted molar refractivity (Wildman–Crippen MR) is 146 cm³/mol. The number of phenolic OH excluding ortho intramolecular Hbond substituents is 2. The number of benzene rings is 5. The van der Waals surface area contributed by atoms with Crippen LogP contribution in [0.3, 0.4) is 0 Å². The maximum atomic E-state index is 10.1. The van der Waals surface area contributed by atoms with Gasteiger partial charge in [0.25, 0.3) is 0 Å². The lowest BCUT2D eigenvalue weighted by Gasteiger charge is -2.31. The van der Waals surface area contributed by atoms with Crippen LogP contribution in [0.5, 0.6) is 23.0 Å². The first-order valence-corrected chi connectivity index (χ1v) is 12.2. The lowest BCUT2D eigenvalue weighted by atomic mass is 9.78. The Hall–Kier alpha value is -3.67. The summed E-state index contributed by atoms with van der Waals surface area (Å²) < 4.78 is 6.44. The van der Waals surface area contributed by atoms with Gasteiger partial charge in [-0.25, -0.2) is 0 Å². The van der Waals surface area contributed by atoms with Crippen LogP contribution in [0.2, 0.25) is 0 Å². The number of aryl methyl sites for hydroxylation is 1. The number of fused-ring (bicyclic) bond motifs is 6. The molecule has 4 N–H and O–H groups in total. The maximum Gasteiger partial charge on any atom is 0.132 e. The van der Waals surface area contributed by atoms with Gasteiger partial charge in [0.2, 0.25) is 0 Å². The van der Waals surface area contributed by atoms with Crippen LogP contribution in [0.25, 0.3) is 21.5 Å². The standard InChI is InChI=1S/C30H24O3.H3NS/c1-2-3-18-4-6-19(7-5-18)28-29-24-12-10-22(31)16-20(24)8-14-26(29)33-27-15-9-21-17-23(32)11-13-25(21)30(27)28;1-2/h4-17,28,31-32H,2-3H2,1H3;2H,1H2. The molecule has 0 radical (unpaired) electrons. The molecular weight excluding hydrogens is 454 g/mol. The summed E-state index contributed by atoms with van der Waals surface area (Å²) in [7, 11) is 0. The quantitative estimate of drug-likeness (QED) is 0.198. The SMILES string of the molecule is CCCc1ccc(C2c3c(ccc4cc(O)ccc34)Oc3ccc4cc(O)ccc4c32)cc1.NS. The highest BCUT2D eigenvalue weighted by Crippen LogP contribution is 2.52. The molecule has 5 heteroatoms. The average molecular weight is 482 g/mol. The van der Waals surface area contributed by atoms with Crippen LogP contribution in [-0.2, 0) is 6.42 Å². The van der Waals surface area contributed by atoms with Gasteiger partial charge in [0.15, 0.2) is 0 Å². The summed E-state index contributed by atoms with van der Waals surface area (Å²) >= 11 is 3.03. The summed E-state index contributed by atoms with van der Waals surface area (Å²) in [5, 5.41) is 28.4. The Bertz CT molecular complexity index is 1440. The van der Waals surface area contributed by atoms with Gasteiger partial charge in [-0.15, -0.1) is 12.8 Å². The van der Waals surface area contributed by atoms with Crippen LogP contribution in [0.1, 0.15) is 41.5 Å². The lowest BCUT2D eigenvalue weighted by molar-refractivity contribution is 0.455. The zero-order valence-corrected chi connectivity index (χ0v) is 20.3. The van der Waals surface area contributed by atoms with E-state index >= 15 is 0 Å². The molecule has 0 atom stereocenters. The van der Waals surface area contributed by atoms with Crippen molar-refractivity contribution in [3.05, 3.63) is 107 Å². The predicted octanol–water partition coefficient (Wildman–Crippen LogP) is 7.43. The van der Waals surface area contributed by atoms with Crippen LogP contribution >= 0.6 is 12.8 Å². The summed E-state index contributed by atoms with van der Waals surface area (Å²) in [6.45, 7) is 2.20. The van der Waals surface area contributed by atoms with E-state index in [0.717, 1.165) is 57.0 Å². The third-order valence-corrected chi connectivity index (χ3v) is 6.66. The van der Waals surface area contributed by atoms with Crippen molar-refractivity contribution in [3.8, 4) is 23.0 Å². The molecule has 4 nitrogen and oxygen atoms in total. The van der Waals surface area contributed by atoms with Gasteiger partial charge in [-0.1, -0.05) is 61.9 Å². The second-order valence-electron chi connectivity index (χ2n) is 8.79. The van der Waals surface area contributed by atoms with Gasteiger partial charge in [-0.2, -0.15) is 0 Å². The van der Waals surface area contributed by atoms with Gasteiger partial charge in [-0.05, 0) is 75.5 Å². The largest absolute Gasteiger partial charge is 0.508 e. The summed E-state index contributed by atoms with van der Waals surface area (Å²) in [6.07, 6.45) is 2.18. The number of thiol groups is 1. The number of hydrogen-bond acceptors (Lipinski definition) is 5. The number of phenols is 2. The first-order chi connectivity index (χ1) is 17.1. The van der Waals surface area contributed by atoms with Crippen molar-refractivity contribution in [1.29, 1.82) is 0 Å². The Morgan fingerprint density at radius 3 is 1.71 bits per heavy atom. The van der Waals surface area contributed by atoms with Gasteiger partial charge in [0, 0.05) is 17.0 Å². The van der Waals surface area contributed by atoms with E-state index < -0.39 is 0 Å². The molecular formula is C30H27NO3S. The molecule has 0 aromatic heterocycles. The fraction of sp³-hybridized carbons (Fsp3) is 0.133. The number of aromatic hydroxyl groups is 2. The fourth-order valence-corrected chi connectivity index (χ4v) is 5.18. The molecule has 0 unspecified atom stereocenters. The smallest absolute Gasteiger partial charge is 0.132 e. The van der Waals surface area contributed by atoms with Crippen LogP contribution < -0.4 is 9.88 Å². The Morgan fingerprint density at radius 1 is 0.714 bits per heavy atom. The third-order valence-electron chi connectivity index (χ3n) is 6.66. The highest BCUT2D eigenvalue weighted by Gasteiger charge is 2.32. The molecule has 0 fully saturated rings. The first-order valence-electron chi connectivity index (χ1n) is 11.7. The van der Waals surface area contributed by atoms with Gasteiger partial charge < -0.3 is 14.9 Å². The van der Waals surface area contributed by atoms with Crippen molar-refractivity contribution < 1.29 is 14.9 Å². The molecule has 0 bridgehead atoms. The van der Waals surface area contributed by atoms with E-state index in [1.54, 1.807) is 24.3 Å². The molecule has 6 rings (SSSR count). The molecule has 5 aromatic carbocycles. The molecule has 0 aliphatic carbocycles. The molecule has 0 spiro atoms. The van der Waals surface area contributed by atoms with E-state index in [9.17, 15) is 10.2 Å². The zero-order chi connectivity index (χ0) is 24.5. The maximum absolute atomic E-state index is 10.1. The van der Waals surface area contributed by atoms with E-state index in [-0.39, 0.29) is 17.4 Å². The summed E-state index contributed by atoms with van der Waals surface area (Å²) in [6, 6.07) is 27.9. The number of hydrogen-bond donors (Lipinski definition) is 4. The Kier molecular flexibility index (Phi) is 6.29. The average Bonchev–Trinajstić information content (AvgIpc) is 2.89. The van der Waals surface area contributed by atoms with Gasteiger partial charge in [-0.3, -0.25) is 5.14 Å². The summed E-state index contributed by atoms with van der Waals surface area (Å²) in [5.41, 5.74) is 4.73. The van der Waals surface area contributed by atoms with E-state index in [1.165, 1.54) is 11.1 Å². The second-order valence-corrected chi connectivity index (χ2v) is 8.79. The van der Waals surface area contributed by atoms with E-state index in [2.05, 4.69) is 49.1 Å². The summed E-state index contributed by atoms with van der Waals surface area (Å²) in [5.74, 6) is 2.13. The molecule has 0 amide bonds. The minimum absolute atomic E-state index is 0.0408. The van der Waals surface area contributed by atoms with Crippen molar-refractivity contribution >= 4 is 34.4 Å². The van der Waals surface area contributed by atoms with E-state index in [1.807, 2.05) is 36.4 Å². The molecule has 35 heavy (non-hydrogen) atoms. The van der Waals surface area contributed by atoms with Crippen LogP contribution in [0, 0.1) is 0 Å². The Labute approximate surface area is 210 Å². The molecule has 5 aromatic rings. The Balaban J connectivity index is 0.00000124. The molecule has 0 saturated carbocycles. The van der Waals surface area contributed by atoms with Crippen LogP contribution in [-0.4, -0.2) is 10.2 Å². The van der Waals surface area contributed by atoms with E-state index in [4.69, 9.17) is 4.74 Å². The van der Waals surface area contributed by atoms with Gasteiger partial charge >= 0.3 is 0 Å². The summed E-state index contributed by atoms with van der Waals surface area (Å²) in [4.78, 5) is 0. The zero-order valence-electron chi connectivity index (χ0n) is 19.4. The Morgan fingerprint density at radius 2 is 1.23 bits per heavy atom. The molecule has 1 heterocycles. The minimum Gasteiger partial charge on any atom is -0.508 e. The monoisotopic (exact) mass is 481 g/mol. The molecule has 0 saturated heterocycles. The molecule has 176 valence electrons. The number of nitrogens with two attached hydrogens (primary N) is 1. The topological polar surface area (TPSA) is 75.7 Å². The molecule has 1 aliphatic heterocycles.